The van der Waals surface area contributed by atoms with E-state index in [1.54, 1.807) is 0 Å². The van der Waals surface area contributed by atoms with Crippen LogP contribution in [-0.2, 0) is 6.42 Å². The van der Waals surface area contributed by atoms with E-state index in [0.717, 1.165) is 24.2 Å². The molecule has 2 heterocycles. The third-order valence-electron chi connectivity index (χ3n) is 4.05. The van der Waals surface area contributed by atoms with Crippen molar-refractivity contribution in [2.45, 2.75) is 47.5 Å². The Kier molecular flexibility index (Phi) is 3.17. The quantitative estimate of drug-likeness (QED) is 0.735. The standard InChI is InChI=1S/C16H20N2/c1-7-8-9-15-14(6)18-13(5)11(3)10(2)12(4)16(18)17-15/h1H,8-9H2,2-6H3. The van der Waals surface area contributed by atoms with Crippen LogP contribution >= 0.6 is 0 Å². The SMILES string of the molecule is C#CCCc1nc2c(C)c(C)c(C)c(C)n2c1C. The van der Waals surface area contributed by atoms with E-state index in [4.69, 9.17) is 11.4 Å². The number of fused-ring (bicyclic) bond motifs is 1. The first-order chi connectivity index (χ1) is 8.49. The minimum Gasteiger partial charge on any atom is -0.301 e. The number of pyridine rings is 1. The van der Waals surface area contributed by atoms with Crippen LogP contribution in [0.15, 0.2) is 0 Å². The Morgan fingerprint density at radius 2 is 1.67 bits per heavy atom. The Balaban J connectivity index is 2.77. The predicted molar refractivity (Wildman–Crippen MR) is 76.0 cm³/mol. The van der Waals surface area contributed by atoms with Crippen LogP contribution in [0.1, 0.15) is 40.2 Å². The van der Waals surface area contributed by atoms with Crippen LogP contribution in [0.4, 0.5) is 0 Å². The van der Waals surface area contributed by atoms with Crippen molar-refractivity contribution >= 4 is 5.65 Å². The van der Waals surface area contributed by atoms with Gasteiger partial charge in [0, 0.05) is 24.2 Å². The van der Waals surface area contributed by atoms with Gasteiger partial charge in [0.2, 0.25) is 0 Å². The molecule has 0 fully saturated rings. The highest BCUT2D eigenvalue weighted by Crippen LogP contribution is 2.25. The summed E-state index contributed by atoms with van der Waals surface area (Å²) in [6.07, 6.45) is 6.96. The Hall–Kier alpha value is -1.75. The van der Waals surface area contributed by atoms with E-state index in [1.165, 1.54) is 28.1 Å². The Morgan fingerprint density at radius 1 is 1.00 bits per heavy atom. The molecule has 0 atom stereocenters. The first-order valence-electron chi connectivity index (χ1n) is 6.36. The summed E-state index contributed by atoms with van der Waals surface area (Å²) in [5, 5.41) is 0. The molecule has 0 radical (unpaired) electrons. The lowest BCUT2D eigenvalue weighted by Gasteiger charge is -2.12. The number of aromatic nitrogens is 2. The lowest BCUT2D eigenvalue weighted by Crippen LogP contribution is -2.02. The molecule has 0 aliphatic carbocycles. The zero-order valence-electron chi connectivity index (χ0n) is 11.9. The van der Waals surface area contributed by atoms with Gasteiger partial charge in [-0.15, -0.1) is 12.3 Å². The number of imidazole rings is 1. The Morgan fingerprint density at radius 3 is 2.28 bits per heavy atom. The van der Waals surface area contributed by atoms with Crippen LogP contribution in [0.2, 0.25) is 0 Å². The van der Waals surface area contributed by atoms with Crippen molar-refractivity contribution in [1.29, 1.82) is 0 Å². The molecule has 0 aliphatic heterocycles. The topological polar surface area (TPSA) is 17.3 Å². The van der Waals surface area contributed by atoms with Gasteiger partial charge in [-0.05, 0) is 51.3 Å². The summed E-state index contributed by atoms with van der Waals surface area (Å²) in [4.78, 5) is 4.78. The maximum atomic E-state index is 5.34. The Bertz CT molecular complexity index is 654. The van der Waals surface area contributed by atoms with E-state index >= 15 is 0 Å². The zero-order valence-corrected chi connectivity index (χ0v) is 11.9. The summed E-state index contributed by atoms with van der Waals surface area (Å²) in [6.45, 7) is 10.8. The highest BCUT2D eigenvalue weighted by atomic mass is 15.0. The van der Waals surface area contributed by atoms with Crippen LogP contribution in [0.25, 0.3) is 5.65 Å². The largest absolute Gasteiger partial charge is 0.301 e. The third-order valence-corrected chi connectivity index (χ3v) is 4.05. The van der Waals surface area contributed by atoms with Crippen LogP contribution < -0.4 is 0 Å². The highest BCUT2D eigenvalue weighted by molar-refractivity contribution is 5.57. The molecule has 2 heteroatoms. The van der Waals surface area contributed by atoms with Gasteiger partial charge in [-0.3, -0.25) is 0 Å². The van der Waals surface area contributed by atoms with E-state index in [-0.39, 0.29) is 0 Å². The predicted octanol–water partition coefficient (Wildman–Crippen LogP) is 3.44. The van der Waals surface area contributed by atoms with Crippen molar-refractivity contribution in [1.82, 2.24) is 9.38 Å². The molecule has 2 nitrogen and oxygen atoms in total. The summed E-state index contributed by atoms with van der Waals surface area (Å²) in [5.41, 5.74) is 8.68. The van der Waals surface area contributed by atoms with E-state index in [9.17, 15) is 0 Å². The van der Waals surface area contributed by atoms with E-state index in [1.807, 2.05) is 0 Å². The summed E-state index contributed by atoms with van der Waals surface area (Å²) in [6, 6.07) is 0. The molecule has 2 rings (SSSR count). The summed E-state index contributed by atoms with van der Waals surface area (Å²) in [5.74, 6) is 2.69. The summed E-state index contributed by atoms with van der Waals surface area (Å²) < 4.78 is 2.27. The molecular formula is C16H20N2. The monoisotopic (exact) mass is 240 g/mol. The molecule has 94 valence electrons. The number of nitrogens with zero attached hydrogens (tertiary/aromatic N) is 2. The van der Waals surface area contributed by atoms with Gasteiger partial charge in [0.05, 0.1) is 5.69 Å². The van der Waals surface area contributed by atoms with E-state index in [0.29, 0.717) is 0 Å². The average Bonchev–Trinajstić information content (AvgIpc) is 2.69. The number of rotatable bonds is 2. The second kappa shape index (κ2) is 4.49. The molecule has 0 bridgehead atoms. The van der Waals surface area contributed by atoms with Crippen LogP contribution in [0, 0.1) is 47.0 Å². The summed E-state index contributed by atoms with van der Waals surface area (Å²) >= 11 is 0. The average molecular weight is 240 g/mol. The van der Waals surface area contributed by atoms with Gasteiger partial charge in [-0.25, -0.2) is 4.98 Å². The minimum absolute atomic E-state index is 0.751. The first-order valence-corrected chi connectivity index (χ1v) is 6.36. The molecule has 2 aromatic rings. The van der Waals surface area contributed by atoms with Crippen molar-refractivity contribution in [2.75, 3.05) is 0 Å². The second-order valence-corrected chi connectivity index (χ2v) is 4.97. The van der Waals surface area contributed by atoms with E-state index < -0.39 is 0 Å². The van der Waals surface area contributed by atoms with Gasteiger partial charge in [-0.2, -0.15) is 0 Å². The minimum atomic E-state index is 0.751. The fraction of sp³-hybridized carbons (Fsp3) is 0.438. The summed E-state index contributed by atoms with van der Waals surface area (Å²) in [7, 11) is 0. The zero-order chi connectivity index (χ0) is 13.4. The van der Waals surface area contributed by atoms with Crippen molar-refractivity contribution in [3.63, 3.8) is 0 Å². The van der Waals surface area contributed by atoms with Crippen molar-refractivity contribution < 1.29 is 0 Å². The molecule has 0 N–H and O–H groups in total. The molecule has 18 heavy (non-hydrogen) atoms. The highest BCUT2D eigenvalue weighted by Gasteiger charge is 2.15. The molecule has 0 aromatic carbocycles. The Labute approximate surface area is 109 Å². The van der Waals surface area contributed by atoms with Crippen LogP contribution in [0.3, 0.4) is 0 Å². The lowest BCUT2D eigenvalue weighted by atomic mass is 10.0. The lowest BCUT2D eigenvalue weighted by molar-refractivity contribution is 0.943. The smallest absolute Gasteiger partial charge is 0.140 e. The van der Waals surface area contributed by atoms with Crippen LogP contribution in [0.5, 0.6) is 0 Å². The number of aryl methyl sites for hydroxylation is 4. The molecule has 0 unspecified atom stereocenters. The van der Waals surface area contributed by atoms with Crippen molar-refractivity contribution in [2.24, 2.45) is 0 Å². The van der Waals surface area contributed by atoms with Crippen LogP contribution in [-0.4, -0.2) is 9.38 Å². The van der Waals surface area contributed by atoms with Gasteiger partial charge in [0.25, 0.3) is 0 Å². The van der Waals surface area contributed by atoms with Gasteiger partial charge in [-0.1, -0.05) is 0 Å². The molecular weight excluding hydrogens is 220 g/mol. The van der Waals surface area contributed by atoms with Gasteiger partial charge in [0.1, 0.15) is 5.65 Å². The maximum absolute atomic E-state index is 5.34. The normalized spacial score (nSPS) is 10.9. The number of hydrogen-bond donors (Lipinski definition) is 0. The van der Waals surface area contributed by atoms with Gasteiger partial charge < -0.3 is 4.40 Å². The van der Waals surface area contributed by atoms with Gasteiger partial charge in [0.15, 0.2) is 0 Å². The van der Waals surface area contributed by atoms with E-state index in [2.05, 4.69) is 44.9 Å². The fourth-order valence-electron chi connectivity index (χ4n) is 2.52. The molecule has 0 aliphatic rings. The number of terminal acetylenes is 1. The first kappa shape index (κ1) is 12.7. The van der Waals surface area contributed by atoms with Crippen molar-refractivity contribution in [3.8, 4) is 12.3 Å². The molecule has 0 amide bonds. The third kappa shape index (κ3) is 1.71. The molecule has 2 aromatic heterocycles. The van der Waals surface area contributed by atoms with Crippen molar-refractivity contribution in [3.05, 3.63) is 33.8 Å². The fourth-order valence-corrected chi connectivity index (χ4v) is 2.52. The molecule has 0 saturated carbocycles. The number of hydrogen-bond acceptors (Lipinski definition) is 1. The second-order valence-electron chi connectivity index (χ2n) is 4.97. The van der Waals surface area contributed by atoms with Gasteiger partial charge >= 0.3 is 0 Å². The molecule has 0 spiro atoms. The molecule has 0 saturated heterocycles. The maximum Gasteiger partial charge on any atom is 0.140 e.